The standard InChI is InChI=1S/C20H20F4N2O4S/c21-16-8-4-5-9-17(16)31(29,30)26-12-10-25(11-13-26)18(27)14-19(28,20(22,23)24)15-6-2-1-3-7-15/h1-9,28H,10-14H2. The second-order valence-corrected chi connectivity index (χ2v) is 9.02. The van der Waals surface area contributed by atoms with Gasteiger partial charge in [-0.1, -0.05) is 42.5 Å². The van der Waals surface area contributed by atoms with E-state index in [1.165, 1.54) is 30.3 Å². The Morgan fingerprint density at radius 3 is 2.03 bits per heavy atom. The predicted octanol–water partition coefficient (Wildman–Crippen LogP) is 2.50. The molecule has 0 bridgehead atoms. The van der Waals surface area contributed by atoms with Gasteiger partial charge in [0.15, 0.2) is 5.60 Å². The average Bonchev–Trinajstić information content (AvgIpc) is 2.73. The number of amides is 1. The van der Waals surface area contributed by atoms with E-state index in [1.54, 1.807) is 0 Å². The molecule has 1 N–H and O–H groups in total. The number of alkyl halides is 3. The summed E-state index contributed by atoms with van der Waals surface area (Å²) >= 11 is 0. The van der Waals surface area contributed by atoms with Gasteiger partial charge >= 0.3 is 6.18 Å². The number of halogens is 4. The summed E-state index contributed by atoms with van der Waals surface area (Å²) in [7, 11) is -4.15. The second kappa shape index (κ2) is 8.56. The van der Waals surface area contributed by atoms with Gasteiger partial charge in [-0.2, -0.15) is 17.5 Å². The van der Waals surface area contributed by atoms with Crippen LogP contribution in [-0.2, 0) is 20.4 Å². The molecule has 2 aromatic carbocycles. The first-order chi connectivity index (χ1) is 14.5. The first-order valence-corrected chi connectivity index (χ1v) is 10.8. The Morgan fingerprint density at radius 1 is 0.935 bits per heavy atom. The van der Waals surface area contributed by atoms with Gasteiger partial charge in [0, 0.05) is 26.2 Å². The molecule has 168 valence electrons. The van der Waals surface area contributed by atoms with Crippen molar-refractivity contribution >= 4 is 15.9 Å². The monoisotopic (exact) mass is 460 g/mol. The number of nitrogens with zero attached hydrogens (tertiary/aromatic N) is 2. The zero-order valence-corrected chi connectivity index (χ0v) is 17.0. The third-order valence-electron chi connectivity index (χ3n) is 5.17. The SMILES string of the molecule is O=C(CC(O)(c1ccccc1)C(F)(F)F)N1CCN(S(=O)(=O)c2ccccc2F)CC1. The Bertz CT molecular complexity index is 1040. The molecule has 2 aromatic rings. The second-order valence-electron chi connectivity index (χ2n) is 7.12. The van der Waals surface area contributed by atoms with E-state index in [0.29, 0.717) is 0 Å². The zero-order valence-electron chi connectivity index (χ0n) is 16.2. The minimum atomic E-state index is -5.10. The number of rotatable bonds is 5. The van der Waals surface area contributed by atoms with Crippen molar-refractivity contribution in [1.82, 2.24) is 9.21 Å². The summed E-state index contributed by atoms with van der Waals surface area (Å²) < 4.78 is 81.0. The van der Waals surface area contributed by atoms with E-state index in [9.17, 15) is 35.9 Å². The van der Waals surface area contributed by atoms with Crippen molar-refractivity contribution in [2.45, 2.75) is 23.1 Å². The Kier molecular flexibility index (Phi) is 6.40. The number of aliphatic hydroxyl groups is 1. The molecule has 1 aliphatic rings. The third kappa shape index (κ3) is 4.58. The van der Waals surface area contributed by atoms with Gasteiger partial charge in [-0.05, 0) is 17.7 Å². The van der Waals surface area contributed by atoms with Crippen LogP contribution in [0, 0.1) is 5.82 Å². The number of hydrogen-bond acceptors (Lipinski definition) is 4. The van der Waals surface area contributed by atoms with Gasteiger partial charge in [0.2, 0.25) is 15.9 Å². The molecule has 0 aliphatic carbocycles. The zero-order chi connectivity index (χ0) is 22.9. The van der Waals surface area contributed by atoms with E-state index in [0.717, 1.165) is 33.5 Å². The summed E-state index contributed by atoms with van der Waals surface area (Å²) in [5.41, 5.74) is -3.83. The van der Waals surface area contributed by atoms with Gasteiger partial charge in [-0.15, -0.1) is 0 Å². The lowest BCUT2D eigenvalue weighted by atomic mass is 9.89. The quantitative estimate of drug-likeness (QED) is 0.696. The molecule has 31 heavy (non-hydrogen) atoms. The number of piperazine rings is 1. The maximum atomic E-state index is 13.9. The Hall–Kier alpha value is -2.50. The normalized spacial score (nSPS) is 17.9. The molecular weight excluding hydrogens is 440 g/mol. The van der Waals surface area contributed by atoms with Gasteiger partial charge < -0.3 is 10.0 Å². The molecule has 6 nitrogen and oxygen atoms in total. The lowest BCUT2D eigenvalue weighted by Gasteiger charge is -2.37. The smallest absolute Gasteiger partial charge is 0.376 e. The predicted molar refractivity (Wildman–Crippen MR) is 103 cm³/mol. The molecule has 1 fully saturated rings. The Morgan fingerprint density at radius 2 is 1.48 bits per heavy atom. The summed E-state index contributed by atoms with van der Waals surface area (Å²) in [5.74, 6) is -1.88. The van der Waals surface area contributed by atoms with Gasteiger partial charge in [-0.25, -0.2) is 12.8 Å². The maximum absolute atomic E-state index is 13.9. The van der Waals surface area contributed by atoms with Crippen molar-refractivity contribution in [3.05, 3.63) is 66.0 Å². The molecule has 0 saturated carbocycles. The van der Waals surface area contributed by atoms with Crippen molar-refractivity contribution in [2.24, 2.45) is 0 Å². The van der Waals surface area contributed by atoms with Gasteiger partial charge in [-0.3, -0.25) is 4.79 Å². The van der Waals surface area contributed by atoms with E-state index in [1.807, 2.05) is 0 Å². The van der Waals surface area contributed by atoms with Crippen LogP contribution < -0.4 is 0 Å². The molecule has 1 aliphatic heterocycles. The van der Waals surface area contributed by atoms with Crippen LogP contribution in [0.2, 0.25) is 0 Å². The summed E-state index contributed by atoms with van der Waals surface area (Å²) in [6, 6.07) is 11.1. The van der Waals surface area contributed by atoms with Crippen LogP contribution in [-0.4, -0.2) is 61.0 Å². The first-order valence-electron chi connectivity index (χ1n) is 9.34. The van der Waals surface area contributed by atoms with Crippen LogP contribution in [0.4, 0.5) is 17.6 Å². The molecule has 0 spiro atoms. The lowest BCUT2D eigenvalue weighted by Crippen LogP contribution is -2.53. The molecule has 1 atom stereocenters. The summed E-state index contributed by atoms with van der Waals surface area (Å²) in [6.45, 7) is -0.791. The van der Waals surface area contributed by atoms with Crippen molar-refractivity contribution in [3.63, 3.8) is 0 Å². The lowest BCUT2D eigenvalue weighted by molar-refractivity contribution is -0.268. The number of hydrogen-bond donors (Lipinski definition) is 1. The van der Waals surface area contributed by atoms with Gasteiger partial charge in [0.05, 0.1) is 6.42 Å². The van der Waals surface area contributed by atoms with E-state index in [4.69, 9.17) is 0 Å². The number of sulfonamides is 1. The molecule has 0 radical (unpaired) electrons. The summed E-state index contributed by atoms with van der Waals surface area (Å²) in [5, 5.41) is 10.4. The van der Waals surface area contributed by atoms with Gasteiger partial charge in [0.1, 0.15) is 10.7 Å². The topological polar surface area (TPSA) is 77.9 Å². The fourth-order valence-electron chi connectivity index (χ4n) is 3.38. The van der Waals surface area contributed by atoms with Crippen LogP contribution in [0.3, 0.4) is 0 Å². The van der Waals surface area contributed by atoms with E-state index in [2.05, 4.69) is 0 Å². The van der Waals surface area contributed by atoms with Crippen molar-refractivity contribution in [1.29, 1.82) is 0 Å². The molecule has 0 aromatic heterocycles. The Labute approximate surface area is 176 Å². The van der Waals surface area contributed by atoms with Crippen LogP contribution in [0.1, 0.15) is 12.0 Å². The molecule has 1 unspecified atom stereocenters. The summed E-state index contributed by atoms with van der Waals surface area (Å²) in [4.78, 5) is 13.1. The van der Waals surface area contributed by atoms with Crippen LogP contribution in [0.5, 0.6) is 0 Å². The highest BCUT2D eigenvalue weighted by Crippen LogP contribution is 2.42. The van der Waals surface area contributed by atoms with Crippen molar-refractivity contribution < 1.29 is 35.9 Å². The number of carbonyl (C=O) groups excluding carboxylic acids is 1. The third-order valence-corrected chi connectivity index (χ3v) is 7.11. The van der Waals surface area contributed by atoms with Crippen molar-refractivity contribution in [3.8, 4) is 0 Å². The largest absolute Gasteiger partial charge is 0.421 e. The summed E-state index contributed by atoms with van der Waals surface area (Å²) in [6.07, 6.45) is -6.33. The molecule has 1 saturated heterocycles. The average molecular weight is 460 g/mol. The first kappa shape index (κ1) is 23.2. The highest BCUT2D eigenvalue weighted by atomic mass is 32.2. The fraction of sp³-hybridized carbons (Fsp3) is 0.350. The Balaban J connectivity index is 1.72. The maximum Gasteiger partial charge on any atom is 0.421 e. The fourth-order valence-corrected chi connectivity index (χ4v) is 4.87. The van der Waals surface area contributed by atoms with Crippen LogP contribution in [0.25, 0.3) is 0 Å². The minimum absolute atomic E-state index is 0.185. The van der Waals surface area contributed by atoms with Crippen LogP contribution >= 0.6 is 0 Å². The molecule has 11 heteroatoms. The van der Waals surface area contributed by atoms with Gasteiger partial charge in [0.25, 0.3) is 0 Å². The van der Waals surface area contributed by atoms with E-state index in [-0.39, 0.29) is 26.2 Å². The van der Waals surface area contributed by atoms with Crippen molar-refractivity contribution in [2.75, 3.05) is 26.2 Å². The highest BCUT2D eigenvalue weighted by molar-refractivity contribution is 7.89. The number of carbonyl (C=O) groups is 1. The van der Waals surface area contributed by atoms with Crippen LogP contribution in [0.15, 0.2) is 59.5 Å². The minimum Gasteiger partial charge on any atom is -0.376 e. The highest BCUT2D eigenvalue weighted by Gasteiger charge is 2.56. The van der Waals surface area contributed by atoms with E-state index >= 15 is 0 Å². The molecule has 1 amide bonds. The molecule has 1 heterocycles. The van der Waals surface area contributed by atoms with E-state index < -0.39 is 50.4 Å². The number of benzene rings is 2. The molecule has 3 rings (SSSR count). The molecular formula is C20H20F4N2O4S.